The van der Waals surface area contributed by atoms with Gasteiger partial charge >= 0.3 is 6.03 Å². The molecule has 0 spiro atoms. The molecule has 77 valence electrons. The molecule has 0 aromatic carbocycles. The standard InChI is InChI=1S/C9H20N3O/c1-4-5-6-10-9(13)11-7-8-12(2)3/h4-8H2,1-3H3,(H,10,13). The van der Waals surface area contributed by atoms with Gasteiger partial charge in [-0.3, -0.25) is 0 Å². The maximum absolute atomic E-state index is 11.0. The van der Waals surface area contributed by atoms with Crippen molar-refractivity contribution in [2.24, 2.45) is 0 Å². The summed E-state index contributed by atoms with van der Waals surface area (Å²) in [5.74, 6) is 0. The maximum Gasteiger partial charge on any atom is 0.336 e. The molecule has 0 aliphatic rings. The first kappa shape index (κ1) is 12.2. The van der Waals surface area contributed by atoms with Crippen molar-refractivity contribution in [1.82, 2.24) is 15.5 Å². The Morgan fingerprint density at radius 3 is 2.69 bits per heavy atom. The third kappa shape index (κ3) is 9.14. The summed E-state index contributed by atoms with van der Waals surface area (Å²) in [6.45, 7) is 4.22. The summed E-state index contributed by atoms with van der Waals surface area (Å²) in [6, 6.07) is -0.185. The molecular weight excluding hydrogens is 166 g/mol. The van der Waals surface area contributed by atoms with Crippen LogP contribution in [0.3, 0.4) is 0 Å². The predicted octanol–water partition coefficient (Wildman–Crippen LogP) is 0.662. The van der Waals surface area contributed by atoms with Gasteiger partial charge in [-0.15, -0.1) is 0 Å². The minimum Gasteiger partial charge on any atom is -0.337 e. The lowest BCUT2D eigenvalue weighted by molar-refractivity contribution is 0.238. The second-order valence-corrected chi connectivity index (χ2v) is 3.27. The van der Waals surface area contributed by atoms with Gasteiger partial charge in [0.15, 0.2) is 0 Å². The molecule has 0 unspecified atom stereocenters. The van der Waals surface area contributed by atoms with Crippen LogP contribution in [0.4, 0.5) is 4.79 Å². The van der Waals surface area contributed by atoms with Crippen LogP contribution in [0.2, 0.25) is 0 Å². The first-order valence-corrected chi connectivity index (χ1v) is 4.77. The maximum atomic E-state index is 11.0. The van der Waals surface area contributed by atoms with Crippen molar-refractivity contribution < 1.29 is 4.79 Å². The van der Waals surface area contributed by atoms with Gasteiger partial charge in [0.25, 0.3) is 0 Å². The molecule has 0 fully saturated rings. The Hall–Kier alpha value is -0.770. The molecule has 0 aromatic heterocycles. The fraction of sp³-hybridized carbons (Fsp3) is 0.889. The molecule has 4 nitrogen and oxygen atoms in total. The van der Waals surface area contributed by atoms with E-state index in [1.165, 1.54) is 0 Å². The van der Waals surface area contributed by atoms with Gasteiger partial charge in [0.1, 0.15) is 0 Å². The monoisotopic (exact) mass is 186 g/mol. The number of likely N-dealkylation sites (N-methyl/N-ethyl adjacent to an activating group) is 1. The topological polar surface area (TPSA) is 46.4 Å². The summed E-state index contributed by atoms with van der Waals surface area (Å²) >= 11 is 0. The number of rotatable bonds is 6. The first-order valence-electron chi connectivity index (χ1n) is 4.77. The molecule has 0 saturated heterocycles. The van der Waals surface area contributed by atoms with E-state index in [4.69, 9.17) is 0 Å². The lowest BCUT2D eigenvalue weighted by atomic mass is 10.3. The molecule has 4 heteroatoms. The highest BCUT2D eigenvalue weighted by molar-refractivity contribution is 5.73. The summed E-state index contributed by atoms with van der Waals surface area (Å²) in [4.78, 5) is 13.0. The van der Waals surface area contributed by atoms with Crippen LogP contribution < -0.4 is 10.6 Å². The van der Waals surface area contributed by atoms with Gasteiger partial charge in [-0.2, -0.15) is 0 Å². The number of urea groups is 1. The number of nitrogens with zero attached hydrogens (tertiary/aromatic N) is 2. The number of carbonyl (C=O) groups is 1. The fourth-order valence-electron chi connectivity index (χ4n) is 0.780. The summed E-state index contributed by atoms with van der Waals surface area (Å²) < 4.78 is 0. The van der Waals surface area contributed by atoms with Crippen LogP contribution in [0.15, 0.2) is 0 Å². The minimum atomic E-state index is -0.185. The molecular formula is C9H20N3O. The van der Waals surface area contributed by atoms with Crippen LogP contribution in [0.5, 0.6) is 0 Å². The molecule has 0 aliphatic heterocycles. The van der Waals surface area contributed by atoms with Crippen molar-refractivity contribution in [3.8, 4) is 0 Å². The van der Waals surface area contributed by atoms with Crippen LogP contribution >= 0.6 is 0 Å². The molecule has 0 saturated carbocycles. The number of hydrogen-bond acceptors (Lipinski definition) is 2. The van der Waals surface area contributed by atoms with Crippen LogP contribution in [-0.4, -0.2) is 44.7 Å². The molecule has 1 N–H and O–H groups in total. The fourth-order valence-corrected chi connectivity index (χ4v) is 0.780. The van der Waals surface area contributed by atoms with Crippen LogP contribution in [0.1, 0.15) is 19.8 Å². The highest BCUT2D eigenvalue weighted by atomic mass is 16.2. The second kappa shape index (κ2) is 7.86. The van der Waals surface area contributed by atoms with E-state index in [-0.39, 0.29) is 6.03 Å². The Kier molecular flexibility index (Phi) is 7.39. The minimum absolute atomic E-state index is 0.185. The average molecular weight is 186 g/mol. The smallest absolute Gasteiger partial charge is 0.336 e. The number of carbonyl (C=O) groups excluding carboxylic acids is 1. The van der Waals surface area contributed by atoms with Crippen molar-refractivity contribution in [2.45, 2.75) is 19.8 Å². The SMILES string of the molecule is CCCCNC(=O)[N]CCN(C)C. The van der Waals surface area contributed by atoms with Gasteiger partial charge in [0.2, 0.25) is 0 Å². The number of nitrogens with one attached hydrogen (secondary N) is 1. The number of amides is 2. The Balaban J connectivity index is 3.20. The van der Waals surface area contributed by atoms with Crippen LogP contribution in [0, 0.1) is 0 Å². The van der Waals surface area contributed by atoms with E-state index in [9.17, 15) is 4.79 Å². The number of unbranched alkanes of at least 4 members (excludes halogenated alkanes) is 1. The Morgan fingerprint density at radius 2 is 2.15 bits per heavy atom. The van der Waals surface area contributed by atoms with Crippen molar-refractivity contribution in [2.75, 3.05) is 33.7 Å². The zero-order valence-electron chi connectivity index (χ0n) is 8.84. The highest BCUT2D eigenvalue weighted by Crippen LogP contribution is 1.82. The van der Waals surface area contributed by atoms with E-state index in [0.29, 0.717) is 6.54 Å². The van der Waals surface area contributed by atoms with Gasteiger partial charge in [0, 0.05) is 13.1 Å². The summed E-state index contributed by atoms with van der Waals surface area (Å²) in [6.07, 6.45) is 2.12. The van der Waals surface area contributed by atoms with Crippen molar-refractivity contribution in [1.29, 1.82) is 0 Å². The van der Waals surface area contributed by atoms with Crippen molar-refractivity contribution in [3.05, 3.63) is 0 Å². The predicted molar refractivity (Wildman–Crippen MR) is 53.9 cm³/mol. The van der Waals surface area contributed by atoms with Crippen LogP contribution in [-0.2, 0) is 0 Å². The quantitative estimate of drug-likeness (QED) is 0.619. The molecule has 1 radical (unpaired) electrons. The number of hydrogen-bond donors (Lipinski definition) is 1. The molecule has 0 aliphatic carbocycles. The molecule has 13 heavy (non-hydrogen) atoms. The average Bonchev–Trinajstić information content (AvgIpc) is 2.04. The molecule has 0 bridgehead atoms. The molecule has 0 rings (SSSR count). The third-order valence-electron chi connectivity index (χ3n) is 1.61. The van der Waals surface area contributed by atoms with Crippen molar-refractivity contribution >= 4 is 6.03 Å². The Labute approximate surface area is 80.7 Å². The molecule has 0 heterocycles. The van der Waals surface area contributed by atoms with Gasteiger partial charge in [-0.1, -0.05) is 13.3 Å². The first-order chi connectivity index (χ1) is 6.16. The summed E-state index contributed by atoms with van der Waals surface area (Å²) in [5, 5.41) is 6.58. The Bertz CT molecular complexity index is 137. The molecule has 0 atom stereocenters. The van der Waals surface area contributed by atoms with Gasteiger partial charge in [-0.05, 0) is 20.5 Å². The van der Waals surface area contributed by atoms with Crippen LogP contribution in [0.25, 0.3) is 0 Å². The molecule has 0 aromatic rings. The normalized spacial score (nSPS) is 10.2. The lowest BCUT2D eigenvalue weighted by Gasteiger charge is -2.08. The highest BCUT2D eigenvalue weighted by Gasteiger charge is 1.99. The summed E-state index contributed by atoms with van der Waals surface area (Å²) in [5.41, 5.74) is 0. The zero-order chi connectivity index (χ0) is 10.1. The van der Waals surface area contributed by atoms with Gasteiger partial charge in [0.05, 0.1) is 6.54 Å². The molecule has 2 amide bonds. The van der Waals surface area contributed by atoms with E-state index in [1.54, 1.807) is 0 Å². The third-order valence-corrected chi connectivity index (χ3v) is 1.61. The van der Waals surface area contributed by atoms with Gasteiger partial charge < -0.3 is 10.2 Å². The van der Waals surface area contributed by atoms with E-state index < -0.39 is 0 Å². The largest absolute Gasteiger partial charge is 0.337 e. The second-order valence-electron chi connectivity index (χ2n) is 3.27. The lowest BCUT2D eigenvalue weighted by Crippen LogP contribution is -2.34. The zero-order valence-corrected chi connectivity index (χ0v) is 8.84. The van der Waals surface area contributed by atoms with Gasteiger partial charge in [-0.25, -0.2) is 10.1 Å². The van der Waals surface area contributed by atoms with E-state index >= 15 is 0 Å². The Morgan fingerprint density at radius 1 is 1.46 bits per heavy atom. The van der Waals surface area contributed by atoms with E-state index in [1.807, 2.05) is 19.0 Å². The summed E-state index contributed by atoms with van der Waals surface area (Å²) in [7, 11) is 3.93. The van der Waals surface area contributed by atoms with Crippen molar-refractivity contribution in [3.63, 3.8) is 0 Å². The van der Waals surface area contributed by atoms with E-state index in [0.717, 1.165) is 25.9 Å². The van der Waals surface area contributed by atoms with E-state index in [2.05, 4.69) is 17.6 Å².